The molecule has 1 saturated carbocycles. The summed E-state index contributed by atoms with van der Waals surface area (Å²) in [6.45, 7) is 0.0921. The van der Waals surface area contributed by atoms with Crippen molar-refractivity contribution in [2.45, 2.75) is 69.9 Å². The normalized spacial score (nSPS) is 16.9. The summed E-state index contributed by atoms with van der Waals surface area (Å²) < 4.78 is 72.5. The van der Waals surface area contributed by atoms with Gasteiger partial charge in [0.05, 0.1) is 12.7 Å². The fraction of sp³-hybridized carbons (Fsp3) is 0.433. The first-order valence-corrected chi connectivity index (χ1v) is 14.9. The molecule has 1 aliphatic carbocycles. The predicted molar refractivity (Wildman–Crippen MR) is 163 cm³/mol. The first-order chi connectivity index (χ1) is 22.7. The molecule has 256 valence electrons. The van der Waals surface area contributed by atoms with Crippen LogP contribution in [0.2, 0.25) is 0 Å². The number of ether oxygens (including phenoxy) is 1. The van der Waals surface area contributed by atoms with Gasteiger partial charge in [0.2, 0.25) is 5.95 Å². The van der Waals surface area contributed by atoms with E-state index in [0.29, 0.717) is 48.8 Å². The number of urea groups is 1. The molecule has 1 aliphatic rings. The number of amides is 2. The van der Waals surface area contributed by atoms with Crippen LogP contribution < -0.4 is 20.3 Å². The molecule has 13 nitrogen and oxygen atoms in total. The molecular formula is C30H33F5N10O3. The second kappa shape index (κ2) is 14.0. The molecule has 18 heteroatoms. The standard InChI is InChI=1S/C30H33F5N10O3/c1-29(2,47)16-40-28(46)45(23-9-4-17(12-36-23)18-13-38-27(48-3)39-14-18)20-7-5-19(6-8-20)41-26-37-15-21(30(33,34)35)24(42-26)22-10-11-44(43-22)25(31)32/h4,9-15,19-20,25,47H,5-8,16H2,1-3H3,(H,40,46)(H,37,41,42). The predicted octanol–water partition coefficient (Wildman–Crippen LogP) is 5.32. The third-order valence-corrected chi connectivity index (χ3v) is 7.57. The summed E-state index contributed by atoms with van der Waals surface area (Å²) in [5, 5.41) is 19.5. The maximum absolute atomic E-state index is 13.7. The average molecular weight is 677 g/mol. The average Bonchev–Trinajstić information content (AvgIpc) is 3.55. The number of halogens is 5. The van der Waals surface area contributed by atoms with Crippen LogP contribution in [0.1, 0.15) is 51.6 Å². The summed E-state index contributed by atoms with van der Waals surface area (Å²) in [7, 11) is 1.46. The van der Waals surface area contributed by atoms with Crippen LogP contribution in [0.25, 0.3) is 22.5 Å². The second-order valence-corrected chi connectivity index (χ2v) is 11.8. The van der Waals surface area contributed by atoms with Crippen LogP contribution in [0, 0.1) is 0 Å². The molecule has 3 N–H and O–H groups in total. The van der Waals surface area contributed by atoms with E-state index >= 15 is 0 Å². The van der Waals surface area contributed by atoms with Crippen LogP contribution in [0.5, 0.6) is 6.01 Å². The highest BCUT2D eigenvalue weighted by atomic mass is 19.4. The number of carbonyl (C=O) groups is 1. The highest BCUT2D eigenvalue weighted by Gasteiger charge is 2.37. The van der Waals surface area contributed by atoms with Crippen LogP contribution in [-0.2, 0) is 6.18 Å². The molecule has 0 aliphatic heterocycles. The zero-order valence-corrected chi connectivity index (χ0v) is 26.1. The Kier molecular flexibility index (Phi) is 10.0. The molecule has 4 aromatic heterocycles. The van der Waals surface area contributed by atoms with Crippen molar-refractivity contribution in [2.24, 2.45) is 0 Å². The maximum Gasteiger partial charge on any atom is 0.420 e. The number of methoxy groups -OCH3 is 1. The molecule has 2 amide bonds. The molecule has 1 fully saturated rings. The van der Waals surface area contributed by atoms with Gasteiger partial charge in [-0.2, -0.15) is 27.1 Å². The van der Waals surface area contributed by atoms with E-state index in [0.717, 1.165) is 12.3 Å². The highest BCUT2D eigenvalue weighted by molar-refractivity contribution is 5.91. The van der Waals surface area contributed by atoms with Gasteiger partial charge in [-0.1, -0.05) is 0 Å². The van der Waals surface area contributed by atoms with Gasteiger partial charge in [0, 0.05) is 60.7 Å². The van der Waals surface area contributed by atoms with Gasteiger partial charge < -0.3 is 20.5 Å². The topological polar surface area (TPSA) is 156 Å². The zero-order valence-electron chi connectivity index (χ0n) is 26.1. The molecule has 4 aromatic rings. The molecule has 5 rings (SSSR count). The van der Waals surface area contributed by atoms with Crippen LogP contribution >= 0.6 is 0 Å². The van der Waals surface area contributed by atoms with Gasteiger partial charge in [-0.05, 0) is 57.7 Å². The lowest BCUT2D eigenvalue weighted by atomic mass is 9.90. The van der Waals surface area contributed by atoms with Crippen LogP contribution in [-0.4, -0.2) is 77.2 Å². The van der Waals surface area contributed by atoms with Gasteiger partial charge in [-0.3, -0.25) is 4.90 Å². The summed E-state index contributed by atoms with van der Waals surface area (Å²) in [6.07, 6.45) is 3.33. The second-order valence-electron chi connectivity index (χ2n) is 11.8. The lowest BCUT2D eigenvalue weighted by molar-refractivity contribution is -0.137. The Morgan fingerprint density at radius 1 is 1.02 bits per heavy atom. The summed E-state index contributed by atoms with van der Waals surface area (Å²) in [5.41, 5.74) is -1.96. The maximum atomic E-state index is 13.7. The fourth-order valence-electron chi connectivity index (χ4n) is 5.19. The van der Waals surface area contributed by atoms with E-state index in [-0.39, 0.29) is 41.0 Å². The molecule has 0 atom stereocenters. The van der Waals surface area contributed by atoms with E-state index < -0.39 is 35.6 Å². The Morgan fingerprint density at radius 2 is 1.71 bits per heavy atom. The summed E-state index contributed by atoms with van der Waals surface area (Å²) in [4.78, 5) is 35.6. The van der Waals surface area contributed by atoms with Gasteiger partial charge in [-0.25, -0.2) is 34.4 Å². The van der Waals surface area contributed by atoms with Gasteiger partial charge in [0.1, 0.15) is 22.8 Å². The van der Waals surface area contributed by atoms with Crippen LogP contribution in [0.4, 0.5) is 38.5 Å². The molecule has 0 aromatic carbocycles. The number of carbonyl (C=O) groups excluding carboxylic acids is 1. The number of pyridine rings is 1. The number of nitrogens with one attached hydrogen (secondary N) is 2. The van der Waals surface area contributed by atoms with Gasteiger partial charge in [-0.15, -0.1) is 0 Å². The summed E-state index contributed by atoms with van der Waals surface area (Å²) >= 11 is 0. The SMILES string of the molecule is COc1ncc(-c2ccc(N(C(=O)NCC(C)(C)O)C3CCC(Nc4ncc(C(F)(F)F)c(-c5ccn(C(F)F)n5)n4)CC3)nc2)cn1. The van der Waals surface area contributed by atoms with Crippen molar-refractivity contribution in [3.05, 3.63) is 54.7 Å². The molecule has 4 heterocycles. The fourth-order valence-corrected chi connectivity index (χ4v) is 5.19. The summed E-state index contributed by atoms with van der Waals surface area (Å²) in [6, 6.07) is 3.68. The van der Waals surface area contributed by atoms with Crippen molar-refractivity contribution in [1.82, 2.24) is 40.0 Å². The smallest absolute Gasteiger partial charge is 0.420 e. The van der Waals surface area contributed by atoms with E-state index in [4.69, 9.17) is 4.74 Å². The van der Waals surface area contributed by atoms with Gasteiger partial charge >= 0.3 is 24.8 Å². The minimum absolute atomic E-state index is 0.0103. The molecule has 0 bridgehead atoms. The molecule has 0 saturated heterocycles. The van der Waals surface area contributed by atoms with Crippen molar-refractivity contribution < 1.29 is 36.6 Å². The molecule has 0 radical (unpaired) electrons. The first-order valence-electron chi connectivity index (χ1n) is 14.9. The lowest BCUT2D eigenvalue weighted by Gasteiger charge is -2.37. The Labute approximate surface area is 271 Å². The number of nitrogens with zero attached hydrogens (tertiary/aromatic N) is 8. The molecule has 0 unspecified atom stereocenters. The first kappa shape index (κ1) is 34.3. The number of aromatic nitrogens is 7. The lowest BCUT2D eigenvalue weighted by Crippen LogP contribution is -2.51. The van der Waals surface area contributed by atoms with Crippen molar-refractivity contribution in [3.8, 4) is 28.5 Å². The number of aliphatic hydroxyl groups is 1. The van der Waals surface area contributed by atoms with Crippen molar-refractivity contribution in [2.75, 3.05) is 23.9 Å². The van der Waals surface area contributed by atoms with Crippen molar-refractivity contribution in [3.63, 3.8) is 0 Å². The van der Waals surface area contributed by atoms with E-state index in [1.807, 2.05) is 0 Å². The van der Waals surface area contributed by atoms with Gasteiger partial charge in [0.25, 0.3) is 0 Å². The van der Waals surface area contributed by atoms with Crippen molar-refractivity contribution >= 4 is 17.8 Å². The Balaban J connectivity index is 1.32. The molecule has 0 spiro atoms. The number of hydrogen-bond donors (Lipinski definition) is 3. The van der Waals surface area contributed by atoms with E-state index in [9.17, 15) is 31.9 Å². The summed E-state index contributed by atoms with van der Waals surface area (Å²) in [5.74, 6) is 0.254. The van der Waals surface area contributed by atoms with E-state index in [2.05, 4.69) is 40.7 Å². The third kappa shape index (κ3) is 8.28. The molecular weight excluding hydrogens is 643 g/mol. The van der Waals surface area contributed by atoms with E-state index in [1.54, 1.807) is 44.6 Å². The quantitative estimate of drug-likeness (QED) is 0.188. The van der Waals surface area contributed by atoms with Crippen LogP contribution in [0.15, 0.2) is 49.2 Å². The Morgan fingerprint density at radius 3 is 2.27 bits per heavy atom. The zero-order chi connectivity index (χ0) is 34.6. The highest BCUT2D eigenvalue weighted by Crippen LogP contribution is 2.36. The van der Waals surface area contributed by atoms with Gasteiger partial charge in [0.15, 0.2) is 0 Å². The Bertz CT molecular complexity index is 1690. The number of hydrogen-bond acceptors (Lipinski definition) is 10. The number of rotatable bonds is 10. The molecule has 48 heavy (non-hydrogen) atoms. The van der Waals surface area contributed by atoms with Crippen LogP contribution in [0.3, 0.4) is 0 Å². The largest absolute Gasteiger partial charge is 0.467 e. The van der Waals surface area contributed by atoms with Crippen molar-refractivity contribution in [1.29, 1.82) is 0 Å². The Hall–Kier alpha value is -5.00. The third-order valence-electron chi connectivity index (χ3n) is 7.57. The minimum atomic E-state index is -4.84. The number of anilines is 2. The minimum Gasteiger partial charge on any atom is -0.467 e. The number of alkyl halides is 5. The van der Waals surface area contributed by atoms with E-state index in [1.165, 1.54) is 12.0 Å². The monoisotopic (exact) mass is 676 g/mol.